The number of nitrogen functional groups attached to an aromatic ring is 1. The summed E-state index contributed by atoms with van der Waals surface area (Å²) in [6.07, 6.45) is -5.47. The number of aliphatic hydroxyl groups is 1. The van der Waals surface area contributed by atoms with E-state index >= 15 is 4.39 Å². The van der Waals surface area contributed by atoms with Crippen LogP contribution in [0.2, 0.25) is 0 Å². The number of rotatable bonds is 8. The number of alkyl halides is 1. The van der Waals surface area contributed by atoms with Gasteiger partial charge in [-0.3, -0.25) is 4.52 Å². The summed E-state index contributed by atoms with van der Waals surface area (Å²) in [5.41, 5.74) is 0.910. The highest BCUT2D eigenvalue weighted by Gasteiger charge is 2.59. The summed E-state index contributed by atoms with van der Waals surface area (Å²) in [6.45, 7) is -1.24. The third-order valence-corrected chi connectivity index (χ3v) is 7.36. The first-order chi connectivity index (χ1) is 14.5. The molecule has 180 valence electrons. The second-order valence-electron chi connectivity index (χ2n) is 5.75. The number of ether oxygens (including phenoxy) is 1. The molecule has 1 aliphatic rings. The Kier molecular flexibility index (Phi) is 8.03. The zero-order valence-electron chi connectivity index (χ0n) is 15.0. The Morgan fingerprint density at radius 1 is 1.28 bits per heavy atom. The van der Waals surface area contributed by atoms with Gasteiger partial charge in [0.05, 0.1) is 12.8 Å². The van der Waals surface area contributed by atoms with E-state index in [1.807, 2.05) is 0 Å². The summed E-state index contributed by atoms with van der Waals surface area (Å²) >= 11 is 5.19. The summed E-state index contributed by atoms with van der Waals surface area (Å²) in [5.74, 6) is 1.43. The molecule has 3 unspecified atom stereocenters. The third-order valence-electron chi connectivity index (χ3n) is 3.46. The highest BCUT2D eigenvalue weighted by atomic mass is 35.5. The van der Waals surface area contributed by atoms with Crippen LogP contribution in [0.1, 0.15) is 6.23 Å². The molecule has 0 aliphatic carbocycles. The number of anilines is 1. The fourth-order valence-electron chi connectivity index (χ4n) is 2.32. The molecule has 0 spiro atoms. The fraction of sp³-hybridized carbons (Fsp3) is 0.500. The highest BCUT2D eigenvalue weighted by Crippen LogP contribution is 2.66. The molecule has 2 rings (SSSR count). The van der Waals surface area contributed by atoms with E-state index < -0.39 is 59.9 Å². The van der Waals surface area contributed by atoms with Crippen LogP contribution >= 0.6 is 35.1 Å². The van der Waals surface area contributed by atoms with E-state index in [1.54, 1.807) is 11.3 Å². The number of phosphoric ester groups is 1. The van der Waals surface area contributed by atoms with Crippen LogP contribution in [0, 0.1) is 11.3 Å². The van der Waals surface area contributed by atoms with Gasteiger partial charge in [-0.1, -0.05) is 0 Å². The molecule has 0 radical (unpaired) electrons. The molecule has 1 aliphatic heterocycles. The Hall–Kier alpha value is -1.28. The van der Waals surface area contributed by atoms with Gasteiger partial charge in [0.25, 0.3) is 0 Å². The molecule has 1 fully saturated rings. The predicted molar refractivity (Wildman–Crippen MR) is 97.9 cm³/mol. The maximum Gasteiger partial charge on any atom is 0.490 e. The molecule has 22 heteroatoms. The third kappa shape index (κ3) is 6.62. The maximum atomic E-state index is 15.4. The van der Waals surface area contributed by atoms with Gasteiger partial charge >= 0.3 is 29.2 Å². The van der Waals surface area contributed by atoms with E-state index in [0.29, 0.717) is 4.68 Å². The fourth-order valence-corrected chi connectivity index (χ4v) is 5.50. The van der Waals surface area contributed by atoms with Crippen LogP contribution < -0.4 is 11.4 Å². The van der Waals surface area contributed by atoms with Crippen LogP contribution in [-0.4, -0.2) is 63.9 Å². The van der Waals surface area contributed by atoms with Crippen LogP contribution in [0.3, 0.4) is 0 Å². The largest absolute Gasteiger partial charge is 0.490 e. The van der Waals surface area contributed by atoms with Crippen molar-refractivity contribution in [2.45, 2.75) is 24.1 Å². The monoisotopic (exact) mass is 544 g/mol. The van der Waals surface area contributed by atoms with Crippen LogP contribution in [0.5, 0.6) is 0 Å². The topological polar surface area (TPSA) is 263 Å². The zero-order chi connectivity index (χ0) is 24.5. The molecular weight excluding hydrogens is 531 g/mol. The number of aliphatic hydroxyl groups excluding tert-OH is 1. The molecule has 1 saturated heterocycles. The molecule has 17 nitrogen and oxygen atoms in total. The number of hydrogen-bond acceptors (Lipinski definition) is 12. The van der Waals surface area contributed by atoms with Crippen molar-refractivity contribution >= 4 is 40.9 Å². The van der Waals surface area contributed by atoms with Gasteiger partial charge in [-0.15, -0.1) is 0 Å². The molecule has 6 atom stereocenters. The second kappa shape index (κ2) is 9.53. The minimum atomic E-state index is -5.81. The quantitative estimate of drug-likeness (QED) is 0.164. The number of nitrogens with zero attached hydrogens (tertiary/aromatic N) is 3. The van der Waals surface area contributed by atoms with E-state index in [4.69, 9.17) is 36.8 Å². The minimum absolute atomic E-state index is 0.297. The molecule has 32 heavy (non-hydrogen) atoms. The summed E-state index contributed by atoms with van der Waals surface area (Å²) in [7, 11) is -17.0. The van der Waals surface area contributed by atoms with Crippen molar-refractivity contribution in [2.75, 3.05) is 12.3 Å². The van der Waals surface area contributed by atoms with Gasteiger partial charge in [-0.2, -0.15) is 23.4 Å². The van der Waals surface area contributed by atoms with E-state index in [0.717, 1.165) is 6.20 Å². The lowest BCUT2D eigenvalue weighted by Gasteiger charge is -2.22. The molecule has 0 aromatic carbocycles. The lowest BCUT2D eigenvalue weighted by atomic mass is 9.97. The van der Waals surface area contributed by atoms with Crippen LogP contribution in [0.15, 0.2) is 11.0 Å². The SMILES string of the molecule is Nc1cnn([C@@H]2O[C@H](COP(=O)(O)OP(=O)(O)OP(=O)(O)O)[C@H](O)C2(F)C#CCl)c(=O)n1. The van der Waals surface area contributed by atoms with Gasteiger partial charge in [0.2, 0.25) is 11.9 Å². The summed E-state index contributed by atoms with van der Waals surface area (Å²) < 4.78 is 65.7. The highest BCUT2D eigenvalue weighted by molar-refractivity contribution is 7.66. The van der Waals surface area contributed by atoms with Crippen molar-refractivity contribution in [1.29, 1.82) is 0 Å². The average molecular weight is 545 g/mol. The van der Waals surface area contributed by atoms with Crippen molar-refractivity contribution in [3.05, 3.63) is 16.7 Å². The van der Waals surface area contributed by atoms with Crippen molar-refractivity contribution in [3.63, 3.8) is 0 Å². The van der Waals surface area contributed by atoms with Gasteiger partial charge < -0.3 is 35.2 Å². The number of nitrogens with two attached hydrogens (primary N) is 1. The Bertz CT molecular complexity index is 1130. The molecule has 7 N–H and O–H groups in total. The van der Waals surface area contributed by atoms with Crippen LogP contribution in [0.25, 0.3) is 0 Å². The van der Waals surface area contributed by atoms with Gasteiger partial charge in [0, 0.05) is 5.38 Å². The van der Waals surface area contributed by atoms with Gasteiger partial charge in [-0.25, -0.2) is 22.9 Å². The number of aromatic nitrogens is 3. The summed E-state index contributed by atoms with van der Waals surface area (Å²) in [6, 6.07) is 0. The second-order valence-corrected chi connectivity index (χ2v) is 10.4. The number of halogens is 2. The maximum absolute atomic E-state index is 15.4. The van der Waals surface area contributed by atoms with E-state index in [-0.39, 0.29) is 5.82 Å². The summed E-state index contributed by atoms with van der Waals surface area (Å²) in [4.78, 5) is 50.7. The molecule has 0 amide bonds. The van der Waals surface area contributed by atoms with Gasteiger partial charge in [0.1, 0.15) is 18.0 Å². The van der Waals surface area contributed by atoms with Crippen molar-refractivity contribution in [2.24, 2.45) is 0 Å². The number of hydrogen-bond donors (Lipinski definition) is 6. The van der Waals surface area contributed by atoms with E-state index in [2.05, 4.69) is 23.2 Å². The van der Waals surface area contributed by atoms with Crippen molar-refractivity contribution in [3.8, 4) is 11.3 Å². The lowest BCUT2D eigenvalue weighted by molar-refractivity contribution is -0.0601. The van der Waals surface area contributed by atoms with E-state index in [1.165, 1.54) is 0 Å². The Morgan fingerprint density at radius 2 is 1.91 bits per heavy atom. The van der Waals surface area contributed by atoms with Crippen molar-refractivity contribution in [1.82, 2.24) is 14.8 Å². The normalized spacial score (nSPS) is 29.5. The average Bonchev–Trinajstić information content (AvgIpc) is 2.82. The van der Waals surface area contributed by atoms with Crippen LogP contribution in [-0.2, 0) is 31.6 Å². The van der Waals surface area contributed by atoms with Crippen LogP contribution in [0.4, 0.5) is 10.2 Å². The molecular formula is C10H13ClFN4O13P3. The first-order valence-corrected chi connectivity index (χ1v) is 12.5. The minimum Gasteiger partial charge on any atom is -0.386 e. The summed E-state index contributed by atoms with van der Waals surface area (Å²) in [5, 5.41) is 15.4. The Labute approximate surface area is 181 Å². The number of phosphoric acid groups is 3. The van der Waals surface area contributed by atoms with Gasteiger partial charge in [-0.05, 0) is 17.5 Å². The first-order valence-electron chi connectivity index (χ1n) is 7.64. The zero-order valence-corrected chi connectivity index (χ0v) is 18.5. The first kappa shape index (κ1) is 27.0. The molecule has 1 aromatic heterocycles. The molecule has 1 aromatic rings. The Balaban J connectivity index is 2.23. The van der Waals surface area contributed by atoms with Crippen molar-refractivity contribution < 1.29 is 60.6 Å². The standard InChI is InChI=1S/C10H13ClFN4O13P3/c11-2-1-10(12)7(17)5(27-8(10)16-9(18)15-6(13)3-14-16)4-26-31(22,23)29-32(24,25)28-30(19,20)21/h3,5,7-8,17H,4H2,(H,22,23)(H,24,25)(H2,13,15,18)(H2,19,20,21)/t5-,7+,8-,10?/m1/s1. The van der Waals surface area contributed by atoms with E-state index in [9.17, 15) is 28.5 Å². The molecule has 0 saturated carbocycles. The smallest absolute Gasteiger partial charge is 0.386 e. The Morgan fingerprint density at radius 3 is 2.44 bits per heavy atom. The lowest BCUT2D eigenvalue weighted by Crippen LogP contribution is -2.45. The molecule has 2 heterocycles. The predicted octanol–water partition coefficient (Wildman–Crippen LogP) is -1.27. The molecule has 0 bridgehead atoms. The van der Waals surface area contributed by atoms with Gasteiger partial charge in [0.15, 0.2) is 0 Å².